The van der Waals surface area contributed by atoms with Crippen molar-refractivity contribution >= 4 is 28.9 Å². The van der Waals surface area contributed by atoms with Crippen LogP contribution >= 0.6 is 11.3 Å². The minimum absolute atomic E-state index is 0.000854. The van der Waals surface area contributed by atoms with Crippen molar-refractivity contribution in [2.45, 2.75) is 26.3 Å². The summed E-state index contributed by atoms with van der Waals surface area (Å²) in [6, 6.07) is 18.5. The van der Waals surface area contributed by atoms with Crippen LogP contribution in [0.2, 0.25) is 0 Å². The summed E-state index contributed by atoms with van der Waals surface area (Å²) in [6.07, 6.45) is 1.14. The van der Waals surface area contributed by atoms with Gasteiger partial charge in [-0.1, -0.05) is 43.3 Å². The highest BCUT2D eigenvalue weighted by Crippen LogP contribution is 2.25. The summed E-state index contributed by atoms with van der Waals surface area (Å²) >= 11 is 1.56. The molecule has 3 aromatic rings. The first kappa shape index (κ1) is 18.9. The van der Waals surface area contributed by atoms with Crippen molar-refractivity contribution in [2.75, 3.05) is 4.90 Å². The van der Waals surface area contributed by atoms with Crippen LogP contribution in [0.5, 0.6) is 0 Å². The number of thiophene rings is 1. The molecule has 4 nitrogen and oxygen atoms in total. The van der Waals surface area contributed by atoms with E-state index in [9.17, 15) is 14.7 Å². The molecule has 0 bridgehead atoms. The number of carbonyl (C=O) groups excluding carboxylic acids is 1. The van der Waals surface area contributed by atoms with Crippen LogP contribution in [0.25, 0.3) is 0 Å². The van der Waals surface area contributed by atoms with Gasteiger partial charge in [0.15, 0.2) is 0 Å². The molecule has 138 valence electrons. The molecule has 0 spiro atoms. The van der Waals surface area contributed by atoms with Crippen LogP contribution in [-0.2, 0) is 24.2 Å². The molecule has 0 fully saturated rings. The third-order valence-electron chi connectivity index (χ3n) is 4.38. The summed E-state index contributed by atoms with van der Waals surface area (Å²) in [6.45, 7) is 2.40. The van der Waals surface area contributed by atoms with Gasteiger partial charge in [0, 0.05) is 10.6 Å². The van der Waals surface area contributed by atoms with Crippen molar-refractivity contribution in [3.8, 4) is 0 Å². The lowest BCUT2D eigenvalue weighted by Crippen LogP contribution is -2.32. The Hall–Kier alpha value is -2.92. The van der Waals surface area contributed by atoms with Crippen molar-refractivity contribution in [2.24, 2.45) is 0 Å². The van der Waals surface area contributed by atoms with Gasteiger partial charge in [-0.25, -0.2) is 4.79 Å². The number of aryl methyl sites for hydroxylation is 1. The smallest absolute Gasteiger partial charge is 0.335 e. The Labute approximate surface area is 162 Å². The number of benzene rings is 2. The van der Waals surface area contributed by atoms with E-state index in [4.69, 9.17) is 0 Å². The maximum Gasteiger partial charge on any atom is 0.335 e. The van der Waals surface area contributed by atoms with Gasteiger partial charge in [-0.05, 0) is 47.2 Å². The monoisotopic (exact) mass is 379 g/mol. The minimum atomic E-state index is -0.970. The lowest BCUT2D eigenvalue weighted by Gasteiger charge is -2.25. The second kappa shape index (κ2) is 8.64. The number of para-hydroxylation sites is 1. The van der Waals surface area contributed by atoms with Gasteiger partial charge in [0.1, 0.15) is 0 Å². The zero-order valence-electron chi connectivity index (χ0n) is 15.1. The summed E-state index contributed by atoms with van der Waals surface area (Å²) in [7, 11) is 0. The quantitative estimate of drug-likeness (QED) is 0.642. The summed E-state index contributed by atoms with van der Waals surface area (Å²) in [4.78, 5) is 27.2. The predicted molar refractivity (Wildman–Crippen MR) is 108 cm³/mol. The number of carbonyl (C=O) groups is 2. The van der Waals surface area contributed by atoms with Gasteiger partial charge >= 0.3 is 5.97 Å². The highest BCUT2D eigenvalue weighted by Gasteiger charge is 2.20. The Balaban J connectivity index is 1.95. The van der Waals surface area contributed by atoms with Crippen LogP contribution in [0.15, 0.2) is 66.0 Å². The average Bonchev–Trinajstić information content (AvgIpc) is 3.19. The van der Waals surface area contributed by atoms with E-state index in [1.807, 2.05) is 47.8 Å². The van der Waals surface area contributed by atoms with Gasteiger partial charge in [0.05, 0.1) is 18.5 Å². The lowest BCUT2D eigenvalue weighted by atomic mass is 10.1. The molecule has 1 aromatic heterocycles. The number of hydrogen-bond donors (Lipinski definition) is 1. The van der Waals surface area contributed by atoms with Gasteiger partial charge in [-0.15, -0.1) is 11.3 Å². The third-order valence-corrected chi connectivity index (χ3v) is 5.26. The third kappa shape index (κ3) is 4.63. The molecule has 0 aliphatic carbocycles. The fraction of sp³-hybridized carbons (Fsp3) is 0.182. The van der Waals surface area contributed by atoms with Gasteiger partial charge < -0.3 is 10.0 Å². The number of carboxylic acid groups (broad SMARTS) is 1. The highest BCUT2D eigenvalue weighted by atomic mass is 32.1. The van der Waals surface area contributed by atoms with Crippen LogP contribution in [0.1, 0.15) is 33.3 Å². The van der Waals surface area contributed by atoms with E-state index in [-0.39, 0.29) is 11.5 Å². The number of carboxylic acids is 1. The van der Waals surface area contributed by atoms with Crippen molar-refractivity contribution < 1.29 is 14.7 Å². The molecule has 5 heteroatoms. The molecule has 3 rings (SSSR count). The average molecular weight is 379 g/mol. The first-order valence-corrected chi connectivity index (χ1v) is 9.69. The minimum Gasteiger partial charge on any atom is -0.478 e. The van der Waals surface area contributed by atoms with Crippen LogP contribution in [-0.4, -0.2) is 17.0 Å². The highest BCUT2D eigenvalue weighted by molar-refractivity contribution is 7.10. The van der Waals surface area contributed by atoms with Crippen molar-refractivity contribution in [1.29, 1.82) is 0 Å². The topological polar surface area (TPSA) is 57.6 Å². The van der Waals surface area contributed by atoms with E-state index >= 15 is 0 Å². The van der Waals surface area contributed by atoms with E-state index < -0.39 is 5.97 Å². The van der Waals surface area contributed by atoms with Gasteiger partial charge in [-0.3, -0.25) is 4.79 Å². The Bertz CT molecular complexity index is 934. The maximum atomic E-state index is 13.1. The Morgan fingerprint density at radius 3 is 2.56 bits per heavy atom. The summed E-state index contributed by atoms with van der Waals surface area (Å²) in [5.74, 6) is -0.971. The molecule has 0 radical (unpaired) electrons. The largest absolute Gasteiger partial charge is 0.478 e. The molecule has 27 heavy (non-hydrogen) atoms. The van der Waals surface area contributed by atoms with Crippen LogP contribution < -0.4 is 4.90 Å². The van der Waals surface area contributed by atoms with Crippen LogP contribution in [0, 0.1) is 0 Å². The molecule has 1 heterocycles. The number of hydrogen-bond acceptors (Lipinski definition) is 3. The Kier molecular flexibility index (Phi) is 6.04. The fourth-order valence-corrected chi connectivity index (χ4v) is 3.72. The molecule has 1 N–H and O–H groups in total. The SMILES string of the molecule is CCc1ccccc1N(Cc1cccc(C(=O)O)c1)C(=O)Cc1cccs1. The summed E-state index contributed by atoms with van der Waals surface area (Å²) in [5, 5.41) is 11.2. The zero-order chi connectivity index (χ0) is 19.2. The van der Waals surface area contributed by atoms with Crippen LogP contribution in [0.4, 0.5) is 5.69 Å². The molecule has 0 aliphatic rings. The molecular formula is C22H21NO3S. The van der Waals surface area contributed by atoms with E-state index in [1.54, 1.807) is 34.4 Å². The summed E-state index contributed by atoms with van der Waals surface area (Å²) in [5.41, 5.74) is 2.98. The molecule has 0 aliphatic heterocycles. The molecule has 1 amide bonds. The van der Waals surface area contributed by atoms with Gasteiger partial charge in [0.2, 0.25) is 5.91 Å². The normalized spacial score (nSPS) is 10.6. The van der Waals surface area contributed by atoms with Gasteiger partial charge in [-0.2, -0.15) is 0 Å². The first-order valence-electron chi connectivity index (χ1n) is 8.81. The number of rotatable bonds is 7. The van der Waals surface area contributed by atoms with Crippen molar-refractivity contribution in [3.63, 3.8) is 0 Å². The first-order chi connectivity index (χ1) is 13.1. The second-order valence-corrected chi connectivity index (χ2v) is 7.26. The van der Waals surface area contributed by atoms with E-state index in [0.717, 1.165) is 28.1 Å². The Morgan fingerprint density at radius 2 is 1.85 bits per heavy atom. The van der Waals surface area contributed by atoms with Crippen molar-refractivity contribution in [3.05, 3.63) is 87.6 Å². The second-order valence-electron chi connectivity index (χ2n) is 6.22. The number of amides is 1. The van der Waals surface area contributed by atoms with E-state index in [2.05, 4.69) is 6.92 Å². The van der Waals surface area contributed by atoms with E-state index in [0.29, 0.717) is 13.0 Å². The molecule has 0 saturated carbocycles. The standard InChI is InChI=1S/C22H21NO3S/c1-2-17-8-3-4-11-20(17)23(21(24)14-19-10-6-12-27-19)15-16-7-5-9-18(13-16)22(25)26/h3-13H,2,14-15H2,1H3,(H,25,26). The molecule has 0 saturated heterocycles. The number of aromatic carboxylic acids is 1. The predicted octanol–water partition coefficient (Wildman–Crippen LogP) is 4.78. The molecule has 2 aromatic carbocycles. The fourth-order valence-electron chi connectivity index (χ4n) is 3.02. The van der Waals surface area contributed by atoms with Crippen LogP contribution in [0.3, 0.4) is 0 Å². The number of nitrogens with zero attached hydrogens (tertiary/aromatic N) is 1. The van der Waals surface area contributed by atoms with Gasteiger partial charge in [0.25, 0.3) is 0 Å². The summed E-state index contributed by atoms with van der Waals surface area (Å²) < 4.78 is 0. The molecule has 0 unspecified atom stereocenters. The van der Waals surface area contributed by atoms with Crippen molar-refractivity contribution in [1.82, 2.24) is 0 Å². The Morgan fingerprint density at radius 1 is 1.04 bits per heavy atom. The number of anilines is 1. The van der Waals surface area contributed by atoms with E-state index in [1.165, 1.54) is 0 Å². The lowest BCUT2D eigenvalue weighted by molar-refractivity contribution is -0.118. The molecule has 0 atom stereocenters. The molecular weight excluding hydrogens is 358 g/mol. The zero-order valence-corrected chi connectivity index (χ0v) is 15.9. The maximum absolute atomic E-state index is 13.1.